The van der Waals surface area contributed by atoms with Crippen LogP contribution in [0.3, 0.4) is 0 Å². The molecule has 0 radical (unpaired) electrons. The first-order chi connectivity index (χ1) is 12.6. The van der Waals surface area contributed by atoms with E-state index in [4.69, 9.17) is 0 Å². The fraction of sp³-hybridized carbons (Fsp3) is 0.0588. The first-order valence-corrected chi connectivity index (χ1v) is 9.36. The van der Waals surface area contributed by atoms with Crippen LogP contribution in [0.25, 0.3) is 22.1 Å². The van der Waals surface area contributed by atoms with Gasteiger partial charge in [-0.05, 0) is 42.5 Å². The Morgan fingerprint density at radius 2 is 2.00 bits per heavy atom. The summed E-state index contributed by atoms with van der Waals surface area (Å²) in [5, 5.41) is 11.9. The van der Waals surface area contributed by atoms with E-state index in [0.29, 0.717) is 27.4 Å². The molecular formula is C17H11BrFN5OS. The molecule has 0 spiro atoms. The van der Waals surface area contributed by atoms with Crippen LogP contribution in [-0.4, -0.2) is 31.8 Å². The average Bonchev–Trinajstić information content (AvgIpc) is 2.99. The van der Waals surface area contributed by atoms with E-state index < -0.39 is 0 Å². The number of carbonyl (C=O) groups excluding carboxylic acids is 1. The number of amides is 1. The van der Waals surface area contributed by atoms with Crippen molar-refractivity contribution >= 4 is 61.4 Å². The zero-order chi connectivity index (χ0) is 18.1. The quantitative estimate of drug-likeness (QED) is 0.474. The van der Waals surface area contributed by atoms with E-state index in [0.717, 1.165) is 9.99 Å². The van der Waals surface area contributed by atoms with Crippen molar-refractivity contribution in [2.75, 3.05) is 11.1 Å². The maximum absolute atomic E-state index is 13.4. The first kappa shape index (κ1) is 16.9. The highest BCUT2D eigenvalue weighted by atomic mass is 79.9. The number of benzene rings is 2. The molecular weight excluding hydrogens is 421 g/mol. The van der Waals surface area contributed by atoms with Crippen molar-refractivity contribution < 1.29 is 9.18 Å². The third-order valence-electron chi connectivity index (χ3n) is 3.62. The van der Waals surface area contributed by atoms with Crippen molar-refractivity contribution in [3.63, 3.8) is 0 Å². The van der Waals surface area contributed by atoms with E-state index in [1.165, 1.54) is 23.9 Å². The minimum atomic E-state index is -0.344. The van der Waals surface area contributed by atoms with Gasteiger partial charge in [0.2, 0.25) is 11.1 Å². The lowest BCUT2D eigenvalue weighted by atomic mass is 10.2. The Hall–Kier alpha value is -2.52. The summed E-state index contributed by atoms with van der Waals surface area (Å²) >= 11 is 4.52. The van der Waals surface area contributed by atoms with Crippen molar-refractivity contribution in [1.82, 2.24) is 20.2 Å². The molecule has 0 atom stereocenters. The second kappa shape index (κ2) is 7.00. The van der Waals surface area contributed by atoms with Crippen molar-refractivity contribution in [3.8, 4) is 0 Å². The molecule has 26 heavy (non-hydrogen) atoms. The molecule has 0 aliphatic rings. The molecule has 0 saturated carbocycles. The zero-order valence-corrected chi connectivity index (χ0v) is 15.6. The van der Waals surface area contributed by atoms with E-state index in [1.54, 1.807) is 18.2 Å². The summed E-state index contributed by atoms with van der Waals surface area (Å²) < 4.78 is 14.3. The van der Waals surface area contributed by atoms with Gasteiger partial charge >= 0.3 is 0 Å². The molecule has 0 unspecified atom stereocenters. The number of aromatic nitrogens is 4. The maximum Gasteiger partial charge on any atom is 0.234 e. The number of rotatable bonds is 4. The molecule has 0 fully saturated rings. The molecule has 0 aliphatic heterocycles. The number of nitrogens with one attached hydrogen (secondary N) is 2. The fourth-order valence-corrected chi connectivity index (χ4v) is 3.30. The molecule has 4 rings (SSSR count). The van der Waals surface area contributed by atoms with Gasteiger partial charge in [-0.3, -0.25) is 4.79 Å². The summed E-state index contributed by atoms with van der Waals surface area (Å²) in [5.74, 6) is -0.360. The summed E-state index contributed by atoms with van der Waals surface area (Å²) in [4.78, 5) is 19.5. The lowest BCUT2D eigenvalue weighted by Gasteiger charge is -2.04. The number of nitrogens with zero attached hydrogens (tertiary/aromatic N) is 3. The molecule has 130 valence electrons. The Kier molecular flexibility index (Phi) is 4.56. The Bertz CT molecular complexity index is 1120. The minimum Gasteiger partial charge on any atom is -0.338 e. The van der Waals surface area contributed by atoms with Crippen LogP contribution in [0, 0.1) is 5.82 Å². The Balaban J connectivity index is 1.47. The normalized spacial score (nSPS) is 11.2. The van der Waals surface area contributed by atoms with Crippen molar-refractivity contribution in [2.24, 2.45) is 0 Å². The number of hydrogen-bond donors (Lipinski definition) is 2. The summed E-state index contributed by atoms with van der Waals surface area (Å²) in [6, 6.07) is 11.7. The first-order valence-electron chi connectivity index (χ1n) is 7.58. The number of H-pyrrole nitrogens is 1. The predicted molar refractivity (Wildman–Crippen MR) is 103 cm³/mol. The van der Waals surface area contributed by atoms with Gasteiger partial charge in [0.25, 0.3) is 0 Å². The summed E-state index contributed by atoms with van der Waals surface area (Å²) in [6.45, 7) is 0. The molecule has 0 bridgehead atoms. The van der Waals surface area contributed by atoms with Crippen molar-refractivity contribution in [3.05, 3.63) is 52.8 Å². The SMILES string of the molecule is O=C(CSc1nnc2c(n1)[nH]c1ccc(F)cc12)Nc1ccc(Br)cc1. The topological polar surface area (TPSA) is 83.6 Å². The monoisotopic (exact) mass is 431 g/mol. The number of carbonyl (C=O) groups is 1. The molecule has 0 saturated heterocycles. The lowest BCUT2D eigenvalue weighted by molar-refractivity contribution is -0.113. The molecule has 2 aromatic carbocycles. The zero-order valence-electron chi connectivity index (χ0n) is 13.2. The summed E-state index contributed by atoms with van der Waals surface area (Å²) in [5.41, 5.74) is 2.46. The number of anilines is 1. The number of thioether (sulfide) groups is 1. The second-order valence-corrected chi connectivity index (χ2v) is 7.31. The van der Waals surface area contributed by atoms with Crippen LogP contribution in [0.15, 0.2) is 52.1 Å². The highest BCUT2D eigenvalue weighted by molar-refractivity contribution is 9.10. The molecule has 1 amide bonds. The van der Waals surface area contributed by atoms with Gasteiger partial charge in [0.05, 0.1) is 5.75 Å². The van der Waals surface area contributed by atoms with E-state index in [-0.39, 0.29) is 17.5 Å². The maximum atomic E-state index is 13.4. The van der Waals surface area contributed by atoms with Gasteiger partial charge in [-0.1, -0.05) is 27.7 Å². The van der Waals surface area contributed by atoms with Crippen molar-refractivity contribution in [1.29, 1.82) is 0 Å². The third kappa shape index (κ3) is 3.54. The van der Waals surface area contributed by atoms with Crippen LogP contribution in [0.2, 0.25) is 0 Å². The van der Waals surface area contributed by atoms with Gasteiger partial charge in [-0.25, -0.2) is 9.37 Å². The third-order valence-corrected chi connectivity index (χ3v) is 4.98. The Morgan fingerprint density at radius 1 is 1.19 bits per heavy atom. The number of hydrogen-bond acceptors (Lipinski definition) is 5. The van der Waals surface area contributed by atoms with Crippen LogP contribution in [0.5, 0.6) is 0 Å². The van der Waals surface area contributed by atoms with Crippen LogP contribution in [0.1, 0.15) is 0 Å². The molecule has 2 aromatic heterocycles. The summed E-state index contributed by atoms with van der Waals surface area (Å²) in [6.07, 6.45) is 0. The number of aromatic amines is 1. The van der Waals surface area contributed by atoms with Crippen LogP contribution >= 0.6 is 27.7 Å². The highest BCUT2D eigenvalue weighted by Crippen LogP contribution is 2.24. The van der Waals surface area contributed by atoms with Crippen LogP contribution in [0.4, 0.5) is 10.1 Å². The Morgan fingerprint density at radius 3 is 2.81 bits per heavy atom. The Labute approximate surface area is 159 Å². The molecule has 0 aliphatic carbocycles. The van der Waals surface area contributed by atoms with E-state index >= 15 is 0 Å². The fourth-order valence-electron chi connectivity index (χ4n) is 2.45. The summed E-state index contributed by atoms with van der Waals surface area (Å²) in [7, 11) is 0. The van der Waals surface area contributed by atoms with Gasteiger partial charge in [0.15, 0.2) is 5.65 Å². The van der Waals surface area contributed by atoms with Gasteiger partial charge in [-0.2, -0.15) is 0 Å². The molecule has 2 heterocycles. The molecule has 4 aromatic rings. The average molecular weight is 432 g/mol. The molecule has 2 N–H and O–H groups in total. The molecule has 6 nitrogen and oxygen atoms in total. The van der Waals surface area contributed by atoms with E-state index in [9.17, 15) is 9.18 Å². The lowest BCUT2D eigenvalue weighted by Crippen LogP contribution is -2.14. The van der Waals surface area contributed by atoms with Gasteiger partial charge in [-0.15, -0.1) is 10.2 Å². The second-order valence-electron chi connectivity index (χ2n) is 5.45. The minimum absolute atomic E-state index is 0.151. The highest BCUT2D eigenvalue weighted by Gasteiger charge is 2.11. The predicted octanol–water partition coefficient (Wildman–Crippen LogP) is 4.14. The smallest absolute Gasteiger partial charge is 0.234 e. The van der Waals surface area contributed by atoms with Crippen LogP contribution < -0.4 is 5.32 Å². The van der Waals surface area contributed by atoms with Crippen molar-refractivity contribution in [2.45, 2.75) is 5.16 Å². The van der Waals surface area contributed by atoms with Gasteiger partial charge in [0.1, 0.15) is 11.3 Å². The van der Waals surface area contributed by atoms with Gasteiger partial charge < -0.3 is 10.3 Å². The standard InChI is InChI=1S/C17H11BrFN5OS/c18-9-1-4-11(5-2-9)20-14(25)8-26-17-22-16-15(23-24-17)12-7-10(19)3-6-13(12)21-16/h1-7H,8H2,(H,20,25)(H,21,22,24). The van der Waals surface area contributed by atoms with Crippen LogP contribution in [-0.2, 0) is 4.79 Å². The number of halogens is 2. The molecule has 9 heteroatoms. The largest absolute Gasteiger partial charge is 0.338 e. The van der Waals surface area contributed by atoms with Gasteiger partial charge in [0, 0.05) is 21.1 Å². The van der Waals surface area contributed by atoms with E-state index in [2.05, 4.69) is 41.4 Å². The van der Waals surface area contributed by atoms with E-state index in [1.807, 2.05) is 12.1 Å². The number of fused-ring (bicyclic) bond motifs is 3.